The molecule has 1 atom stereocenters. The Morgan fingerprint density at radius 1 is 1.46 bits per heavy atom. The summed E-state index contributed by atoms with van der Waals surface area (Å²) in [7, 11) is 0.577. The van der Waals surface area contributed by atoms with Crippen LogP contribution in [0.3, 0.4) is 0 Å². The molecule has 148 valence electrons. The second-order valence-electron chi connectivity index (χ2n) is 6.30. The lowest BCUT2D eigenvalue weighted by molar-refractivity contribution is -0.00802. The average Bonchev–Trinajstić information content (AvgIpc) is 3.17. The van der Waals surface area contributed by atoms with E-state index in [2.05, 4.69) is 20.3 Å². The predicted octanol–water partition coefficient (Wildman–Crippen LogP) is 0.0223. The Balaban J connectivity index is 0.00000243. The molecule has 11 heteroatoms. The van der Waals surface area contributed by atoms with E-state index in [1.54, 1.807) is 16.0 Å². The fourth-order valence-corrected chi connectivity index (χ4v) is 4.75. The van der Waals surface area contributed by atoms with Crippen LogP contribution in [-0.4, -0.2) is 85.5 Å². The first-order valence-corrected chi connectivity index (χ1v) is 10.1. The van der Waals surface area contributed by atoms with Crippen LogP contribution in [0.5, 0.6) is 0 Å². The number of nitrogens with one attached hydrogen (secondary N) is 1. The van der Waals surface area contributed by atoms with Gasteiger partial charge in [-0.25, -0.2) is 12.7 Å². The Kier molecular flexibility index (Phi) is 7.67. The summed E-state index contributed by atoms with van der Waals surface area (Å²) in [5.41, 5.74) is 1.05. The van der Waals surface area contributed by atoms with Crippen LogP contribution >= 0.6 is 24.0 Å². The van der Waals surface area contributed by atoms with Gasteiger partial charge in [-0.1, -0.05) is 0 Å². The zero-order valence-electron chi connectivity index (χ0n) is 15.2. The predicted molar refractivity (Wildman–Crippen MR) is 110 cm³/mol. The van der Waals surface area contributed by atoms with Gasteiger partial charge in [0.1, 0.15) is 6.10 Å². The molecule has 0 bridgehead atoms. The minimum Gasteiger partial charge on any atom is -0.370 e. The highest BCUT2D eigenvalue weighted by atomic mass is 127. The molecule has 3 rings (SSSR count). The van der Waals surface area contributed by atoms with Gasteiger partial charge in [0.2, 0.25) is 10.0 Å². The number of aromatic nitrogens is 2. The van der Waals surface area contributed by atoms with Crippen molar-refractivity contribution < 1.29 is 13.2 Å². The average molecular weight is 498 g/mol. The van der Waals surface area contributed by atoms with E-state index < -0.39 is 10.0 Å². The summed E-state index contributed by atoms with van der Waals surface area (Å²) >= 11 is 0. The Hall–Kier alpha value is -0.920. The van der Waals surface area contributed by atoms with E-state index in [1.165, 1.54) is 0 Å². The van der Waals surface area contributed by atoms with Crippen LogP contribution in [0.1, 0.15) is 18.1 Å². The van der Waals surface area contributed by atoms with Crippen molar-refractivity contribution in [2.45, 2.75) is 12.5 Å². The molecule has 1 unspecified atom stereocenters. The van der Waals surface area contributed by atoms with Gasteiger partial charge in [-0.2, -0.15) is 5.10 Å². The Morgan fingerprint density at radius 3 is 2.88 bits per heavy atom. The largest absolute Gasteiger partial charge is 0.370 e. The summed E-state index contributed by atoms with van der Waals surface area (Å²) < 4.78 is 32.8. The highest BCUT2D eigenvalue weighted by Crippen LogP contribution is 2.21. The first kappa shape index (κ1) is 21.4. The molecule has 1 aromatic heterocycles. The van der Waals surface area contributed by atoms with Crippen molar-refractivity contribution in [1.29, 1.82) is 0 Å². The van der Waals surface area contributed by atoms with E-state index in [1.807, 2.05) is 19.4 Å². The molecular formula is C15H27IN6O3S. The second kappa shape index (κ2) is 9.33. The molecule has 2 aliphatic rings. The van der Waals surface area contributed by atoms with Crippen molar-refractivity contribution >= 4 is 40.0 Å². The van der Waals surface area contributed by atoms with Crippen molar-refractivity contribution in [2.75, 3.05) is 52.1 Å². The molecule has 26 heavy (non-hydrogen) atoms. The van der Waals surface area contributed by atoms with Gasteiger partial charge in [0, 0.05) is 52.0 Å². The van der Waals surface area contributed by atoms with Gasteiger partial charge in [-0.3, -0.25) is 9.67 Å². The van der Waals surface area contributed by atoms with Gasteiger partial charge in [-0.05, 0) is 6.42 Å². The van der Waals surface area contributed by atoms with Crippen LogP contribution in [0.2, 0.25) is 0 Å². The third-order valence-corrected chi connectivity index (χ3v) is 6.48. The fraction of sp³-hybridized carbons (Fsp3) is 0.733. The number of aliphatic imine (C=N–C) groups is 1. The highest BCUT2D eigenvalue weighted by Gasteiger charge is 2.28. The normalized spacial score (nSPS) is 23.7. The van der Waals surface area contributed by atoms with Gasteiger partial charge in [0.05, 0.1) is 25.1 Å². The number of sulfonamides is 1. The standard InChI is InChI=1S/C15H26N6O3S.HI/c1-16-15(17-4-6-21-5-3-9-25(21,22)23)20-7-8-24-14(12-20)13-10-18-19(2)11-13;/h10-11,14H,3-9,12H2,1-2H3,(H,16,17);1H. The monoisotopic (exact) mass is 498 g/mol. The molecule has 2 fully saturated rings. The molecule has 0 spiro atoms. The van der Waals surface area contributed by atoms with E-state index in [-0.39, 0.29) is 35.8 Å². The zero-order chi connectivity index (χ0) is 17.9. The number of morpholine rings is 1. The number of hydrogen-bond donors (Lipinski definition) is 1. The molecule has 3 heterocycles. The maximum absolute atomic E-state index is 11.8. The maximum Gasteiger partial charge on any atom is 0.214 e. The van der Waals surface area contributed by atoms with E-state index in [0.29, 0.717) is 39.2 Å². The smallest absolute Gasteiger partial charge is 0.214 e. The molecule has 2 saturated heterocycles. The van der Waals surface area contributed by atoms with E-state index >= 15 is 0 Å². The summed E-state index contributed by atoms with van der Waals surface area (Å²) in [4.78, 5) is 6.47. The molecule has 0 aromatic carbocycles. The van der Waals surface area contributed by atoms with E-state index in [0.717, 1.165) is 18.1 Å². The molecule has 9 nitrogen and oxygen atoms in total. The molecule has 0 amide bonds. The van der Waals surface area contributed by atoms with Crippen molar-refractivity contribution in [3.05, 3.63) is 18.0 Å². The van der Waals surface area contributed by atoms with E-state index in [4.69, 9.17) is 4.74 Å². The van der Waals surface area contributed by atoms with Gasteiger partial charge in [0.25, 0.3) is 0 Å². The third kappa shape index (κ3) is 5.08. The van der Waals surface area contributed by atoms with Crippen LogP contribution < -0.4 is 5.32 Å². The van der Waals surface area contributed by atoms with Crippen molar-refractivity contribution in [3.8, 4) is 0 Å². The van der Waals surface area contributed by atoms with Crippen LogP contribution in [0, 0.1) is 0 Å². The molecule has 2 aliphatic heterocycles. The lowest BCUT2D eigenvalue weighted by Crippen LogP contribution is -2.49. The zero-order valence-corrected chi connectivity index (χ0v) is 18.3. The molecule has 1 N–H and O–H groups in total. The van der Waals surface area contributed by atoms with E-state index in [9.17, 15) is 8.42 Å². The number of hydrogen-bond acceptors (Lipinski definition) is 5. The molecule has 0 saturated carbocycles. The number of halogens is 1. The van der Waals surface area contributed by atoms with Crippen molar-refractivity contribution in [2.24, 2.45) is 12.0 Å². The quantitative estimate of drug-likeness (QED) is 0.358. The first-order chi connectivity index (χ1) is 12.0. The molecule has 0 aliphatic carbocycles. The summed E-state index contributed by atoms with van der Waals surface area (Å²) in [6.45, 7) is 3.67. The van der Waals surface area contributed by atoms with Crippen LogP contribution in [-0.2, 0) is 21.8 Å². The summed E-state index contributed by atoms with van der Waals surface area (Å²) in [6.07, 6.45) is 4.46. The van der Waals surface area contributed by atoms with Crippen molar-refractivity contribution in [3.63, 3.8) is 0 Å². The van der Waals surface area contributed by atoms with Crippen molar-refractivity contribution in [1.82, 2.24) is 24.3 Å². The van der Waals surface area contributed by atoms with Gasteiger partial charge in [0.15, 0.2) is 5.96 Å². The number of ether oxygens (including phenoxy) is 1. The Labute approximate surface area is 171 Å². The summed E-state index contributed by atoms with van der Waals surface area (Å²) in [5, 5.41) is 7.47. The number of aryl methyl sites for hydroxylation is 1. The van der Waals surface area contributed by atoms with Gasteiger partial charge >= 0.3 is 0 Å². The third-order valence-electron chi connectivity index (χ3n) is 4.52. The van der Waals surface area contributed by atoms with Crippen LogP contribution in [0.25, 0.3) is 0 Å². The summed E-state index contributed by atoms with van der Waals surface area (Å²) in [5.74, 6) is 1.03. The lowest BCUT2D eigenvalue weighted by atomic mass is 10.1. The second-order valence-corrected chi connectivity index (χ2v) is 8.38. The lowest BCUT2D eigenvalue weighted by Gasteiger charge is -2.35. The number of rotatable bonds is 4. The van der Waals surface area contributed by atoms with Crippen LogP contribution in [0.4, 0.5) is 0 Å². The number of nitrogens with zero attached hydrogens (tertiary/aromatic N) is 5. The SMILES string of the molecule is CN=C(NCCN1CCCS1(=O)=O)N1CCOC(c2cnn(C)c2)C1.I. The molecule has 0 radical (unpaired) electrons. The Bertz CT molecular complexity index is 723. The minimum atomic E-state index is -3.05. The molecular weight excluding hydrogens is 471 g/mol. The van der Waals surface area contributed by atoms with Crippen LogP contribution in [0.15, 0.2) is 17.4 Å². The maximum atomic E-state index is 11.8. The Morgan fingerprint density at radius 2 is 2.27 bits per heavy atom. The fourth-order valence-electron chi connectivity index (χ4n) is 3.22. The highest BCUT2D eigenvalue weighted by molar-refractivity contribution is 14.0. The topological polar surface area (TPSA) is 92.1 Å². The van der Waals surface area contributed by atoms with Gasteiger partial charge < -0.3 is 15.0 Å². The number of guanidine groups is 1. The van der Waals surface area contributed by atoms with Gasteiger partial charge in [-0.15, -0.1) is 24.0 Å². The summed E-state index contributed by atoms with van der Waals surface area (Å²) in [6, 6.07) is 0. The minimum absolute atomic E-state index is 0. The molecule has 1 aromatic rings. The first-order valence-electron chi connectivity index (χ1n) is 8.53.